The minimum absolute atomic E-state index is 0.449. The van der Waals surface area contributed by atoms with Crippen LogP contribution >= 0.6 is 0 Å². The highest BCUT2D eigenvalue weighted by molar-refractivity contribution is 7.84. The molecule has 90 valence electrons. The van der Waals surface area contributed by atoms with E-state index >= 15 is 0 Å². The van der Waals surface area contributed by atoms with Gasteiger partial charge >= 0.3 is 0 Å². The van der Waals surface area contributed by atoms with Gasteiger partial charge in [-0.25, -0.2) is 0 Å². The second-order valence-electron chi connectivity index (χ2n) is 4.50. The summed E-state index contributed by atoms with van der Waals surface area (Å²) < 4.78 is 11.2. The summed E-state index contributed by atoms with van der Waals surface area (Å²) in [6.45, 7) is 7.79. The van der Waals surface area contributed by atoms with E-state index in [1.807, 2.05) is 0 Å². The molecule has 0 aliphatic carbocycles. The molecule has 0 aromatic rings. The quantitative estimate of drug-likeness (QED) is 0.779. The second kappa shape index (κ2) is 6.61. The van der Waals surface area contributed by atoms with Crippen LogP contribution in [-0.2, 0) is 10.8 Å². The maximum absolute atomic E-state index is 11.2. The first-order valence-corrected chi connectivity index (χ1v) is 7.63. The molecule has 0 aromatic carbocycles. The lowest BCUT2D eigenvalue weighted by Gasteiger charge is -2.29. The molecule has 15 heavy (non-hydrogen) atoms. The molecular weight excluding hydrogens is 208 g/mol. The fraction of sp³-hybridized carbons (Fsp3) is 1.00. The van der Waals surface area contributed by atoms with E-state index in [2.05, 4.69) is 24.1 Å². The summed E-state index contributed by atoms with van der Waals surface area (Å²) in [5.74, 6) is 0.802. The zero-order chi connectivity index (χ0) is 11.3. The molecule has 1 aliphatic heterocycles. The highest BCUT2D eigenvalue weighted by Crippen LogP contribution is 2.08. The summed E-state index contributed by atoms with van der Waals surface area (Å²) in [4.78, 5) is 2.48. The molecule has 0 bridgehead atoms. The Bertz CT molecular complexity index is 211. The van der Waals surface area contributed by atoms with Crippen LogP contribution < -0.4 is 5.32 Å². The van der Waals surface area contributed by atoms with Crippen LogP contribution in [0.2, 0.25) is 0 Å². The van der Waals surface area contributed by atoms with Gasteiger partial charge in [-0.15, -0.1) is 0 Å². The van der Waals surface area contributed by atoms with Gasteiger partial charge < -0.3 is 5.32 Å². The Morgan fingerprint density at radius 2 is 2.33 bits per heavy atom. The van der Waals surface area contributed by atoms with Gasteiger partial charge in [0.05, 0.1) is 0 Å². The fourth-order valence-corrected chi connectivity index (χ4v) is 3.04. The van der Waals surface area contributed by atoms with E-state index in [4.69, 9.17) is 0 Å². The van der Waals surface area contributed by atoms with E-state index in [-0.39, 0.29) is 0 Å². The van der Waals surface area contributed by atoms with Crippen LogP contribution in [0.1, 0.15) is 26.7 Å². The smallest absolute Gasteiger partial charge is 0.0385 e. The van der Waals surface area contributed by atoms with E-state index in [1.165, 1.54) is 12.8 Å². The number of nitrogens with one attached hydrogen (secondary N) is 1. The number of rotatable bonds is 4. The second-order valence-corrected chi connectivity index (χ2v) is 5.98. The van der Waals surface area contributed by atoms with Crippen molar-refractivity contribution in [1.82, 2.24) is 10.2 Å². The van der Waals surface area contributed by atoms with Crippen molar-refractivity contribution in [2.45, 2.75) is 38.8 Å². The average Bonchev–Trinajstić information content (AvgIpc) is 2.41. The Morgan fingerprint density at radius 3 is 2.93 bits per heavy atom. The van der Waals surface area contributed by atoms with E-state index in [0.29, 0.717) is 12.1 Å². The number of hydrogen-bond acceptors (Lipinski definition) is 3. The van der Waals surface area contributed by atoms with Gasteiger partial charge in [-0.3, -0.25) is 9.11 Å². The third kappa shape index (κ3) is 4.62. The molecule has 0 aromatic heterocycles. The molecule has 0 radical (unpaired) electrons. The minimum atomic E-state index is -0.678. The Morgan fingerprint density at radius 1 is 1.60 bits per heavy atom. The SMILES string of the molecule is CCC1CN(C(C)CS(C)=O)CCCN1. The van der Waals surface area contributed by atoms with Gasteiger partial charge in [0, 0.05) is 41.4 Å². The Labute approximate surface area is 96.1 Å². The van der Waals surface area contributed by atoms with Gasteiger partial charge in [-0.05, 0) is 32.9 Å². The Hall–Kier alpha value is 0.0700. The van der Waals surface area contributed by atoms with Crippen molar-refractivity contribution in [2.75, 3.05) is 31.6 Å². The summed E-state index contributed by atoms with van der Waals surface area (Å²) in [6.07, 6.45) is 4.18. The molecule has 1 fully saturated rings. The zero-order valence-electron chi connectivity index (χ0n) is 10.2. The number of nitrogens with zero attached hydrogens (tertiary/aromatic N) is 1. The average molecular weight is 232 g/mol. The molecule has 0 spiro atoms. The molecule has 1 saturated heterocycles. The molecule has 1 rings (SSSR count). The molecule has 0 amide bonds. The molecule has 4 heteroatoms. The van der Waals surface area contributed by atoms with Gasteiger partial charge in [0.2, 0.25) is 0 Å². The topological polar surface area (TPSA) is 32.3 Å². The lowest BCUT2D eigenvalue weighted by Crippen LogP contribution is -2.43. The standard InChI is InChI=1S/C11H24N2OS/c1-4-11-8-13(7-5-6-12-11)10(2)9-15(3)14/h10-12H,4-9H2,1-3H3. The lowest BCUT2D eigenvalue weighted by atomic mass is 10.2. The van der Waals surface area contributed by atoms with Crippen molar-refractivity contribution in [1.29, 1.82) is 0 Å². The van der Waals surface area contributed by atoms with Gasteiger partial charge in [0.15, 0.2) is 0 Å². The summed E-state index contributed by atoms with van der Waals surface area (Å²) in [5, 5.41) is 3.55. The van der Waals surface area contributed by atoms with Crippen LogP contribution in [0.15, 0.2) is 0 Å². The van der Waals surface area contributed by atoms with Crippen molar-refractivity contribution in [3.63, 3.8) is 0 Å². The summed E-state index contributed by atoms with van der Waals surface area (Å²) in [7, 11) is -0.678. The maximum atomic E-state index is 11.2. The van der Waals surface area contributed by atoms with Crippen molar-refractivity contribution < 1.29 is 4.21 Å². The summed E-state index contributed by atoms with van der Waals surface area (Å²) in [6, 6.07) is 1.06. The predicted octanol–water partition coefficient (Wildman–Crippen LogP) is 0.827. The van der Waals surface area contributed by atoms with Gasteiger partial charge in [-0.2, -0.15) is 0 Å². The minimum Gasteiger partial charge on any atom is -0.313 e. The molecule has 3 nitrogen and oxygen atoms in total. The van der Waals surface area contributed by atoms with E-state index in [1.54, 1.807) is 6.26 Å². The molecule has 3 atom stereocenters. The fourth-order valence-electron chi connectivity index (χ4n) is 2.15. The maximum Gasteiger partial charge on any atom is 0.0385 e. The highest BCUT2D eigenvalue weighted by atomic mass is 32.2. The van der Waals surface area contributed by atoms with Crippen LogP contribution in [-0.4, -0.2) is 52.8 Å². The molecule has 0 saturated carbocycles. The normalized spacial score (nSPS) is 28.3. The van der Waals surface area contributed by atoms with Crippen LogP contribution in [0.5, 0.6) is 0 Å². The van der Waals surface area contributed by atoms with Gasteiger partial charge in [0.1, 0.15) is 0 Å². The Balaban J connectivity index is 2.47. The monoisotopic (exact) mass is 232 g/mol. The van der Waals surface area contributed by atoms with Gasteiger partial charge in [-0.1, -0.05) is 6.92 Å². The van der Waals surface area contributed by atoms with Crippen molar-refractivity contribution in [3.8, 4) is 0 Å². The molecule has 3 unspecified atom stereocenters. The lowest BCUT2D eigenvalue weighted by molar-refractivity contribution is 0.218. The molecule has 1 aliphatic rings. The first-order valence-electron chi connectivity index (χ1n) is 5.91. The van der Waals surface area contributed by atoms with E-state index < -0.39 is 10.8 Å². The first-order chi connectivity index (χ1) is 7.13. The molecule has 1 heterocycles. The van der Waals surface area contributed by atoms with E-state index in [9.17, 15) is 4.21 Å². The van der Waals surface area contributed by atoms with Gasteiger partial charge in [0.25, 0.3) is 0 Å². The predicted molar refractivity (Wildman–Crippen MR) is 66.7 cm³/mol. The van der Waals surface area contributed by atoms with Crippen LogP contribution in [0.3, 0.4) is 0 Å². The highest BCUT2D eigenvalue weighted by Gasteiger charge is 2.20. The van der Waals surface area contributed by atoms with Crippen molar-refractivity contribution in [3.05, 3.63) is 0 Å². The van der Waals surface area contributed by atoms with Crippen LogP contribution in [0.25, 0.3) is 0 Å². The van der Waals surface area contributed by atoms with Crippen LogP contribution in [0.4, 0.5) is 0 Å². The Kier molecular flexibility index (Phi) is 5.79. The third-order valence-corrected chi connectivity index (χ3v) is 4.05. The van der Waals surface area contributed by atoms with E-state index in [0.717, 1.165) is 25.4 Å². The third-order valence-electron chi connectivity index (χ3n) is 3.10. The molecule has 1 N–H and O–H groups in total. The van der Waals surface area contributed by atoms with Crippen LogP contribution in [0, 0.1) is 0 Å². The zero-order valence-corrected chi connectivity index (χ0v) is 11.0. The summed E-state index contributed by atoms with van der Waals surface area (Å²) >= 11 is 0. The number of hydrogen-bond donors (Lipinski definition) is 1. The van der Waals surface area contributed by atoms with Crippen molar-refractivity contribution >= 4 is 10.8 Å². The van der Waals surface area contributed by atoms with Crippen molar-refractivity contribution in [2.24, 2.45) is 0 Å². The summed E-state index contributed by atoms with van der Waals surface area (Å²) in [5.41, 5.74) is 0. The molecular formula is C11H24N2OS. The largest absolute Gasteiger partial charge is 0.313 e. The first kappa shape index (κ1) is 13.1.